The Morgan fingerprint density at radius 2 is 1.70 bits per heavy atom. The molecule has 40 heavy (non-hydrogen) atoms. The predicted octanol–water partition coefficient (Wildman–Crippen LogP) is 7.21. The van der Waals surface area contributed by atoms with Gasteiger partial charge in [-0.3, -0.25) is 14.7 Å². The summed E-state index contributed by atoms with van der Waals surface area (Å²) in [5.74, 6) is 1.22. The van der Waals surface area contributed by atoms with E-state index >= 15 is 0 Å². The summed E-state index contributed by atoms with van der Waals surface area (Å²) in [5.41, 5.74) is 1.99. The molecule has 210 valence electrons. The smallest absolute Gasteiger partial charge is 0.350 e. The molecule has 0 unspecified atom stereocenters. The zero-order valence-corrected chi connectivity index (χ0v) is 24.8. The Morgan fingerprint density at radius 1 is 0.975 bits per heavy atom. The molecule has 0 bridgehead atoms. The van der Waals surface area contributed by atoms with E-state index in [1.807, 2.05) is 49.9 Å². The van der Waals surface area contributed by atoms with Crippen molar-refractivity contribution in [1.29, 1.82) is 0 Å². The summed E-state index contributed by atoms with van der Waals surface area (Å²) in [7, 11) is 0. The van der Waals surface area contributed by atoms with Crippen LogP contribution in [0.3, 0.4) is 0 Å². The van der Waals surface area contributed by atoms with Crippen LogP contribution in [0.25, 0.3) is 11.1 Å². The maximum absolute atomic E-state index is 13.6. The maximum atomic E-state index is 13.6. The standard InChI is InChI=1S/C33H38N2O4S/c1-31(2,3)39-30(37)32(4,5)38-27-10-8-9-26(20-27)25-13-11-23(12-14-25)21-35-28(19-24-15-18-40-22-24)34-33(29(35)36)16-6-7-17-33/h8-15,18,20,22H,6-7,16-17,19,21H2,1-5H3. The van der Waals surface area contributed by atoms with Crippen LogP contribution < -0.4 is 4.74 Å². The number of thiophene rings is 1. The number of amidine groups is 1. The first kappa shape index (κ1) is 28.1. The van der Waals surface area contributed by atoms with E-state index in [9.17, 15) is 9.59 Å². The van der Waals surface area contributed by atoms with Crippen LogP contribution in [0, 0.1) is 0 Å². The van der Waals surface area contributed by atoms with Crippen LogP contribution in [0.1, 0.15) is 71.4 Å². The fraction of sp³-hybridized carbons (Fsp3) is 0.424. The molecular formula is C33H38N2O4S. The van der Waals surface area contributed by atoms with Crippen molar-refractivity contribution in [3.63, 3.8) is 0 Å². The molecule has 5 rings (SSSR count). The Bertz CT molecular complexity index is 1390. The van der Waals surface area contributed by atoms with Crippen molar-refractivity contribution in [3.05, 3.63) is 76.5 Å². The first-order valence-electron chi connectivity index (χ1n) is 14.0. The lowest BCUT2D eigenvalue weighted by Gasteiger charge is -2.29. The number of carbonyl (C=O) groups is 2. The van der Waals surface area contributed by atoms with Crippen molar-refractivity contribution >= 4 is 29.0 Å². The van der Waals surface area contributed by atoms with Gasteiger partial charge in [-0.1, -0.05) is 49.2 Å². The van der Waals surface area contributed by atoms with Gasteiger partial charge in [0.2, 0.25) is 0 Å². The number of nitrogens with zero attached hydrogens (tertiary/aromatic N) is 2. The Balaban J connectivity index is 1.30. The molecule has 2 aliphatic rings. The quantitative estimate of drug-likeness (QED) is 0.274. The van der Waals surface area contributed by atoms with Crippen LogP contribution in [0.15, 0.2) is 70.3 Å². The molecule has 3 aromatic rings. The molecule has 2 aromatic carbocycles. The zero-order valence-electron chi connectivity index (χ0n) is 24.0. The number of rotatable bonds is 8. The molecule has 0 saturated heterocycles. The van der Waals surface area contributed by atoms with Crippen molar-refractivity contribution in [2.24, 2.45) is 4.99 Å². The van der Waals surface area contributed by atoms with Crippen LogP contribution in [0.4, 0.5) is 0 Å². The Morgan fingerprint density at radius 3 is 2.35 bits per heavy atom. The summed E-state index contributed by atoms with van der Waals surface area (Å²) in [6, 6.07) is 18.1. The minimum Gasteiger partial charge on any atom is -0.476 e. The molecular weight excluding hydrogens is 520 g/mol. The molecule has 6 nitrogen and oxygen atoms in total. The topological polar surface area (TPSA) is 68.2 Å². The number of carbonyl (C=O) groups excluding carboxylic acids is 2. The van der Waals surface area contributed by atoms with Crippen molar-refractivity contribution in [2.75, 3.05) is 0 Å². The molecule has 2 heterocycles. The number of benzene rings is 2. The summed E-state index contributed by atoms with van der Waals surface area (Å²) in [6.07, 6.45) is 4.49. The molecule has 1 saturated carbocycles. The van der Waals surface area contributed by atoms with E-state index in [1.54, 1.807) is 25.2 Å². The minimum atomic E-state index is -1.13. The molecule has 0 radical (unpaired) electrons. The highest BCUT2D eigenvalue weighted by molar-refractivity contribution is 7.08. The van der Waals surface area contributed by atoms with E-state index in [4.69, 9.17) is 14.5 Å². The largest absolute Gasteiger partial charge is 0.476 e. The van der Waals surface area contributed by atoms with E-state index < -0.39 is 22.7 Å². The lowest BCUT2D eigenvalue weighted by atomic mass is 9.98. The number of hydrogen-bond donors (Lipinski definition) is 0. The van der Waals surface area contributed by atoms with Crippen LogP contribution >= 0.6 is 11.3 Å². The minimum absolute atomic E-state index is 0.150. The van der Waals surface area contributed by atoms with E-state index in [-0.39, 0.29) is 5.91 Å². The SMILES string of the molecule is CC(C)(C)OC(=O)C(C)(C)Oc1cccc(-c2ccc(CN3C(=O)C4(CCCC4)N=C3Cc3ccsc3)cc2)c1. The molecule has 1 aliphatic carbocycles. The highest BCUT2D eigenvalue weighted by atomic mass is 32.1. The maximum Gasteiger partial charge on any atom is 0.350 e. The van der Waals surface area contributed by atoms with Crippen LogP contribution in [-0.4, -0.2) is 39.4 Å². The number of amides is 1. The van der Waals surface area contributed by atoms with Gasteiger partial charge in [0.05, 0.1) is 6.54 Å². The third-order valence-corrected chi connectivity index (χ3v) is 8.13. The molecule has 1 spiro atoms. The van der Waals surface area contributed by atoms with Crippen molar-refractivity contribution in [2.45, 2.75) is 90.0 Å². The average molecular weight is 559 g/mol. The average Bonchev–Trinajstić information content (AvgIpc) is 3.63. The Hall–Kier alpha value is -3.45. The zero-order chi connectivity index (χ0) is 28.5. The second-order valence-electron chi connectivity index (χ2n) is 12.3. The summed E-state index contributed by atoms with van der Waals surface area (Å²) < 4.78 is 11.6. The van der Waals surface area contributed by atoms with E-state index in [0.717, 1.165) is 48.2 Å². The number of aliphatic imine (C=N–C) groups is 1. The summed E-state index contributed by atoms with van der Waals surface area (Å²) >= 11 is 1.67. The highest BCUT2D eigenvalue weighted by Crippen LogP contribution is 2.40. The van der Waals surface area contributed by atoms with Gasteiger partial charge >= 0.3 is 5.97 Å². The third-order valence-electron chi connectivity index (χ3n) is 7.40. The normalized spacial score (nSPS) is 16.9. The van der Waals surface area contributed by atoms with Gasteiger partial charge in [0, 0.05) is 6.42 Å². The highest BCUT2D eigenvalue weighted by Gasteiger charge is 2.49. The summed E-state index contributed by atoms with van der Waals surface area (Å²) in [4.78, 5) is 33.2. The van der Waals surface area contributed by atoms with E-state index in [2.05, 4.69) is 41.1 Å². The van der Waals surface area contributed by atoms with Gasteiger partial charge < -0.3 is 9.47 Å². The summed E-state index contributed by atoms with van der Waals surface area (Å²) in [5, 5.41) is 4.20. The van der Waals surface area contributed by atoms with Gasteiger partial charge in [0.1, 0.15) is 22.7 Å². The number of esters is 1. The lowest BCUT2D eigenvalue weighted by molar-refractivity contribution is -0.170. The molecule has 0 N–H and O–H groups in total. The van der Waals surface area contributed by atoms with E-state index in [1.165, 1.54) is 5.56 Å². The molecule has 0 atom stereocenters. The van der Waals surface area contributed by atoms with Gasteiger partial charge in [-0.2, -0.15) is 11.3 Å². The van der Waals surface area contributed by atoms with Gasteiger partial charge in [0.15, 0.2) is 5.60 Å². The van der Waals surface area contributed by atoms with E-state index in [0.29, 0.717) is 18.7 Å². The van der Waals surface area contributed by atoms with Crippen molar-refractivity contribution in [1.82, 2.24) is 4.90 Å². The van der Waals surface area contributed by atoms with Crippen molar-refractivity contribution in [3.8, 4) is 16.9 Å². The molecule has 1 aromatic heterocycles. The fourth-order valence-electron chi connectivity index (χ4n) is 5.34. The van der Waals surface area contributed by atoms with Gasteiger partial charge in [-0.05, 0) is 98.7 Å². The predicted molar refractivity (Wildman–Crippen MR) is 160 cm³/mol. The van der Waals surface area contributed by atoms with Crippen LogP contribution in [0.5, 0.6) is 5.75 Å². The fourth-order valence-corrected chi connectivity index (χ4v) is 6.01. The van der Waals surface area contributed by atoms with Gasteiger partial charge in [0.25, 0.3) is 5.91 Å². The second kappa shape index (κ2) is 10.8. The van der Waals surface area contributed by atoms with Crippen LogP contribution in [0.2, 0.25) is 0 Å². The first-order valence-corrected chi connectivity index (χ1v) is 14.9. The van der Waals surface area contributed by atoms with Gasteiger partial charge in [-0.25, -0.2) is 4.79 Å². The first-order chi connectivity index (χ1) is 18.9. The third kappa shape index (κ3) is 6.15. The molecule has 7 heteroatoms. The van der Waals surface area contributed by atoms with Crippen molar-refractivity contribution < 1.29 is 19.1 Å². The monoisotopic (exact) mass is 558 g/mol. The van der Waals surface area contributed by atoms with Gasteiger partial charge in [-0.15, -0.1) is 0 Å². The number of ether oxygens (including phenoxy) is 2. The molecule has 1 aliphatic heterocycles. The lowest BCUT2D eigenvalue weighted by Crippen LogP contribution is -2.43. The molecule has 1 amide bonds. The van der Waals surface area contributed by atoms with Crippen LogP contribution in [-0.2, 0) is 27.3 Å². The molecule has 1 fully saturated rings. The second-order valence-corrected chi connectivity index (χ2v) is 13.1. The Labute approximate surface area is 241 Å². The summed E-state index contributed by atoms with van der Waals surface area (Å²) in [6.45, 7) is 9.47. The Kier molecular flexibility index (Phi) is 7.62. The number of hydrogen-bond acceptors (Lipinski definition) is 6.